The maximum Gasteiger partial charge on any atom is 0.335 e. The Morgan fingerprint density at radius 3 is 2.50 bits per heavy atom. The van der Waals surface area contributed by atoms with Crippen molar-refractivity contribution >= 4 is 16.9 Å². The number of hydrogen-bond donors (Lipinski definition) is 1. The molecule has 0 unspecified atom stereocenters. The zero-order valence-electron chi connectivity index (χ0n) is 11.7. The standard InChI is InChI=1S/C17H12O5/c1-21-13-3-2-4-14-16(13)12(18)9-15(22-14)10-5-7-11(8-6-10)17(19)20/h2-9H,1H3,(H,19,20). The molecule has 0 spiro atoms. The molecule has 0 saturated heterocycles. The summed E-state index contributed by atoms with van der Waals surface area (Å²) in [6.45, 7) is 0. The van der Waals surface area contributed by atoms with Gasteiger partial charge < -0.3 is 14.3 Å². The molecule has 110 valence electrons. The molecule has 0 aliphatic carbocycles. The first-order chi connectivity index (χ1) is 10.6. The SMILES string of the molecule is COc1cccc2oc(-c3ccc(C(=O)O)cc3)cc(=O)c12. The lowest BCUT2D eigenvalue weighted by atomic mass is 10.1. The monoisotopic (exact) mass is 296 g/mol. The topological polar surface area (TPSA) is 76.7 Å². The highest BCUT2D eigenvalue weighted by molar-refractivity contribution is 5.88. The number of benzene rings is 2. The summed E-state index contributed by atoms with van der Waals surface area (Å²) in [6.07, 6.45) is 0. The summed E-state index contributed by atoms with van der Waals surface area (Å²) in [7, 11) is 1.49. The average molecular weight is 296 g/mol. The van der Waals surface area contributed by atoms with Crippen LogP contribution in [-0.4, -0.2) is 18.2 Å². The minimum absolute atomic E-state index is 0.175. The first kappa shape index (κ1) is 13.9. The van der Waals surface area contributed by atoms with Crippen LogP contribution >= 0.6 is 0 Å². The number of aromatic carboxylic acids is 1. The van der Waals surface area contributed by atoms with Gasteiger partial charge in [-0.15, -0.1) is 0 Å². The first-order valence-electron chi connectivity index (χ1n) is 6.55. The lowest BCUT2D eigenvalue weighted by molar-refractivity contribution is 0.0697. The molecule has 0 aliphatic heterocycles. The van der Waals surface area contributed by atoms with Crippen molar-refractivity contribution in [2.45, 2.75) is 0 Å². The maximum atomic E-state index is 12.3. The Morgan fingerprint density at radius 1 is 1.14 bits per heavy atom. The van der Waals surface area contributed by atoms with Crippen LogP contribution in [0.15, 0.2) is 57.7 Å². The van der Waals surface area contributed by atoms with Gasteiger partial charge >= 0.3 is 5.97 Å². The number of carbonyl (C=O) groups is 1. The Bertz CT molecular complexity index is 906. The molecule has 0 aliphatic rings. The minimum Gasteiger partial charge on any atom is -0.496 e. The zero-order chi connectivity index (χ0) is 15.7. The summed E-state index contributed by atoms with van der Waals surface area (Å²) >= 11 is 0. The molecule has 5 nitrogen and oxygen atoms in total. The van der Waals surface area contributed by atoms with Gasteiger partial charge in [-0.3, -0.25) is 4.79 Å². The fourth-order valence-electron chi connectivity index (χ4n) is 2.27. The smallest absolute Gasteiger partial charge is 0.335 e. The molecule has 3 aromatic rings. The van der Waals surface area contributed by atoms with E-state index in [1.807, 2.05) is 0 Å². The van der Waals surface area contributed by atoms with Gasteiger partial charge in [0.1, 0.15) is 22.5 Å². The fraction of sp³-hybridized carbons (Fsp3) is 0.0588. The molecule has 0 atom stereocenters. The molecule has 1 aromatic heterocycles. The number of rotatable bonds is 3. The van der Waals surface area contributed by atoms with Crippen LogP contribution in [0.2, 0.25) is 0 Å². The molecule has 0 bridgehead atoms. The second-order valence-electron chi connectivity index (χ2n) is 4.69. The van der Waals surface area contributed by atoms with Gasteiger partial charge in [-0.25, -0.2) is 4.79 Å². The van der Waals surface area contributed by atoms with E-state index in [0.29, 0.717) is 28.0 Å². The first-order valence-corrected chi connectivity index (χ1v) is 6.55. The average Bonchev–Trinajstić information content (AvgIpc) is 2.54. The Hall–Kier alpha value is -3.08. The molecular formula is C17H12O5. The van der Waals surface area contributed by atoms with Crippen molar-refractivity contribution in [3.05, 3.63) is 64.3 Å². The van der Waals surface area contributed by atoms with E-state index in [-0.39, 0.29) is 11.0 Å². The van der Waals surface area contributed by atoms with Gasteiger partial charge in [0.05, 0.1) is 12.7 Å². The Labute approximate surface area is 125 Å². The fourth-order valence-corrected chi connectivity index (χ4v) is 2.27. The minimum atomic E-state index is -1.00. The summed E-state index contributed by atoms with van der Waals surface area (Å²) in [6, 6.07) is 12.6. The number of carboxylic acids is 1. The molecule has 22 heavy (non-hydrogen) atoms. The Morgan fingerprint density at radius 2 is 1.86 bits per heavy atom. The van der Waals surface area contributed by atoms with Gasteiger partial charge in [-0.2, -0.15) is 0 Å². The summed E-state index contributed by atoms with van der Waals surface area (Å²) in [5.74, 6) is -0.169. The third-order valence-electron chi connectivity index (χ3n) is 3.35. The van der Waals surface area contributed by atoms with Crippen molar-refractivity contribution in [2.75, 3.05) is 7.11 Å². The summed E-state index contributed by atoms with van der Waals surface area (Å²) in [5.41, 5.74) is 1.01. The Kier molecular flexibility index (Phi) is 3.39. The van der Waals surface area contributed by atoms with E-state index in [1.54, 1.807) is 30.3 Å². The van der Waals surface area contributed by atoms with Crippen LogP contribution in [0.5, 0.6) is 5.75 Å². The number of fused-ring (bicyclic) bond motifs is 1. The van der Waals surface area contributed by atoms with Crippen LogP contribution in [0.3, 0.4) is 0 Å². The normalized spacial score (nSPS) is 10.6. The lowest BCUT2D eigenvalue weighted by Crippen LogP contribution is -2.02. The number of carboxylic acid groups (broad SMARTS) is 1. The van der Waals surface area contributed by atoms with E-state index < -0.39 is 5.97 Å². The van der Waals surface area contributed by atoms with Crippen molar-refractivity contribution in [3.8, 4) is 17.1 Å². The van der Waals surface area contributed by atoms with Crippen LogP contribution in [0.25, 0.3) is 22.3 Å². The predicted octanol–water partition coefficient (Wildman–Crippen LogP) is 3.17. The van der Waals surface area contributed by atoms with Gasteiger partial charge in [0.15, 0.2) is 5.43 Å². The predicted molar refractivity (Wildman–Crippen MR) is 81.4 cm³/mol. The quantitative estimate of drug-likeness (QED) is 0.803. The van der Waals surface area contributed by atoms with Crippen molar-refractivity contribution in [2.24, 2.45) is 0 Å². The molecule has 5 heteroatoms. The third-order valence-corrected chi connectivity index (χ3v) is 3.35. The molecule has 0 amide bonds. The van der Waals surface area contributed by atoms with E-state index in [2.05, 4.69) is 0 Å². The second kappa shape index (κ2) is 5.37. The van der Waals surface area contributed by atoms with Gasteiger partial charge in [0.25, 0.3) is 0 Å². The van der Waals surface area contributed by atoms with E-state index in [9.17, 15) is 9.59 Å². The highest BCUT2D eigenvalue weighted by atomic mass is 16.5. The van der Waals surface area contributed by atoms with Crippen molar-refractivity contribution in [3.63, 3.8) is 0 Å². The lowest BCUT2D eigenvalue weighted by Gasteiger charge is -2.06. The van der Waals surface area contributed by atoms with Gasteiger partial charge in [-0.1, -0.05) is 18.2 Å². The number of ether oxygens (including phenoxy) is 1. The summed E-state index contributed by atoms with van der Waals surface area (Å²) in [5, 5.41) is 9.29. The van der Waals surface area contributed by atoms with Crippen molar-refractivity contribution in [1.29, 1.82) is 0 Å². The maximum absolute atomic E-state index is 12.3. The molecule has 0 fully saturated rings. The van der Waals surface area contributed by atoms with Crippen LogP contribution in [-0.2, 0) is 0 Å². The number of hydrogen-bond acceptors (Lipinski definition) is 4. The Balaban J connectivity index is 2.16. The van der Waals surface area contributed by atoms with Crippen molar-refractivity contribution < 1.29 is 19.1 Å². The summed E-state index contributed by atoms with van der Waals surface area (Å²) < 4.78 is 10.9. The highest BCUT2D eigenvalue weighted by Crippen LogP contribution is 2.27. The van der Waals surface area contributed by atoms with Crippen LogP contribution in [0.1, 0.15) is 10.4 Å². The van der Waals surface area contributed by atoms with Crippen LogP contribution in [0.4, 0.5) is 0 Å². The molecule has 1 heterocycles. The van der Waals surface area contributed by atoms with Gasteiger partial charge in [0.2, 0.25) is 0 Å². The van der Waals surface area contributed by atoms with Crippen LogP contribution in [0, 0.1) is 0 Å². The van der Waals surface area contributed by atoms with E-state index in [4.69, 9.17) is 14.3 Å². The van der Waals surface area contributed by atoms with Gasteiger partial charge in [0, 0.05) is 11.6 Å². The van der Waals surface area contributed by atoms with Crippen molar-refractivity contribution in [1.82, 2.24) is 0 Å². The molecule has 3 rings (SSSR count). The molecule has 1 N–H and O–H groups in total. The molecule has 0 radical (unpaired) electrons. The zero-order valence-corrected chi connectivity index (χ0v) is 11.7. The largest absolute Gasteiger partial charge is 0.496 e. The second-order valence-corrected chi connectivity index (χ2v) is 4.69. The molecular weight excluding hydrogens is 284 g/mol. The van der Waals surface area contributed by atoms with E-state index in [1.165, 1.54) is 25.3 Å². The number of methoxy groups -OCH3 is 1. The van der Waals surface area contributed by atoms with Crippen LogP contribution < -0.4 is 10.2 Å². The third kappa shape index (κ3) is 2.33. The summed E-state index contributed by atoms with van der Waals surface area (Å²) in [4.78, 5) is 23.2. The van der Waals surface area contributed by atoms with E-state index in [0.717, 1.165) is 0 Å². The van der Waals surface area contributed by atoms with E-state index >= 15 is 0 Å². The highest BCUT2D eigenvalue weighted by Gasteiger charge is 2.11. The molecule has 0 saturated carbocycles. The van der Waals surface area contributed by atoms with Gasteiger partial charge in [-0.05, 0) is 24.3 Å². The molecule has 2 aromatic carbocycles.